The minimum atomic E-state index is -0.931. The largest absolute Gasteiger partial charge is 0.478 e. The summed E-state index contributed by atoms with van der Waals surface area (Å²) in [6.45, 7) is 15.0. The molecule has 2 bridgehead atoms. The van der Waals surface area contributed by atoms with Gasteiger partial charge in [-0.25, -0.2) is 4.79 Å². The summed E-state index contributed by atoms with van der Waals surface area (Å²) in [5, 5.41) is 36.2. The number of hydrogen-bond donors (Lipinski definition) is 4. The molecule has 0 aromatic heterocycles. The van der Waals surface area contributed by atoms with Crippen LogP contribution in [0.4, 0.5) is 0 Å². The van der Waals surface area contributed by atoms with Gasteiger partial charge in [-0.2, -0.15) is 5.06 Å². The molecule has 1 aliphatic heterocycles. The highest BCUT2D eigenvalue weighted by Crippen LogP contribution is 2.61. The number of aliphatic hydroxyl groups is 2. The third-order valence-corrected chi connectivity index (χ3v) is 12.2. The van der Waals surface area contributed by atoms with Crippen LogP contribution < -0.4 is 5.32 Å². The summed E-state index contributed by atoms with van der Waals surface area (Å²) in [6.07, 6.45) is 1.56. The Balaban J connectivity index is 1.38. The number of hydroxylamine groups is 2. The zero-order valence-corrected chi connectivity index (χ0v) is 32.0. The van der Waals surface area contributed by atoms with Crippen LogP contribution in [0.2, 0.25) is 0 Å². The molecule has 3 aliphatic carbocycles. The molecule has 0 unspecified atom stereocenters. The third-order valence-electron chi connectivity index (χ3n) is 12.2. The summed E-state index contributed by atoms with van der Waals surface area (Å²) in [5.41, 5.74) is 3.40. The maximum absolute atomic E-state index is 14.2. The lowest BCUT2D eigenvalue weighted by atomic mass is 9.45. The number of nitrogens with one attached hydrogen (secondary N) is 1. The lowest BCUT2D eigenvalue weighted by Gasteiger charge is -2.62. The lowest BCUT2D eigenvalue weighted by molar-refractivity contribution is -0.183. The van der Waals surface area contributed by atoms with E-state index in [-0.39, 0.29) is 24.6 Å². The SMILES string of the molecule is CC(C)C[C@@H](CN(C)C)N(Cc1cccc(CN2O[C@@H](CO)[C@@H]([C@H](C)O)[C@H]2C(=O)N[C@H]2C[C@H]3C[C@@H]([C@@H]2C)C3(C)C)c1)Cc1ccccc1C(=O)O. The fourth-order valence-corrected chi connectivity index (χ4v) is 9.43. The number of fused-ring (bicyclic) bond motifs is 2. The van der Waals surface area contributed by atoms with Crippen LogP contribution in [0, 0.1) is 35.0 Å². The van der Waals surface area contributed by atoms with Crippen molar-refractivity contribution in [2.45, 2.75) is 111 Å². The average molecular weight is 707 g/mol. The number of amides is 1. The number of benzene rings is 2. The fourth-order valence-electron chi connectivity index (χ4n) is 9.43. The molecule has 6 rings (SSSR count). The first-order valence-electron chi connectivity index (χ1n) is 18.9. The molecule has 4 fully saturated rings. The minimum Gasteiger partial charge on any atom is -0.478 e. The maximum atomic E-state index is 14.2. The van der Waals surface area contributed by atoms with Crippen LogP contribution in [0.3, 0.4) is 0 Å². The van der Waals surface area contributed by atoms with Gasteiger partial charge in [0, 0.05) is 37.6 Å². The number of aromatic carboxylic acids is 1. The minimum absolute atomic E-state index is 0.0699. The van der Waals surface area contributed by atoms with Gasteiger partial charge in [-0.05, 0) is 92.1 Å². The molecule has 1 heterocycles. The van der Waals surface area contributed by atoms with E-state index in [1.165, 1.54) is 6.42 Å². The molecule has 1 amide bonds. The smallest absolute Gasteiger partial charge is 0.336 e. The summed E-state index contributed by atoms with van der Waals surface area (Å²) >= 11 is 0. The highest BCUT2D eigenvalue weighted by Gasteiger charge is 2.57. The third kappa shape index (κ3) is 8.86. The second kappa shape index (κ2) is 16.4. The number of carboxylic acids is 1. The van der Waals surface area contributed by atoms with Gasteiger partial charge in [0.15, 0.2) is 0 Å². The Morgan fingerprint density at radius 2 is 1.75 bits per heavy atom. The molecular formula is C41H62N4O6. The van der Waals surface area contributed by atoms with Crippen molar-refractivity contribution in [2.75, 3.05) is 27.2 Å². The maximum Gasteiger partial charge on any atom is 0.336 e. The first kappa shape index (κ1) is 39.3. The van der Waals surface area contributed by atoms with Crippen molar-refractivity contribution >= 4 is 11.9 Å². The molecule has 51 heavy (non-hydrogen) atoms. The molecule has 10 nitrogen and oxygen atoms in total. The Morgan fingerprint density at radius 1 is 1.04 bits per heavy atom. The predicted octanol–water partition coefficient (Wildman–Crippen LogP) is 5.02. The summed E-state index contributed by atoms with van der Waals surface area (Å²) in [7, 11) is 4.14. The molecule has 4 aliphatic rings. The first-order chi connectivity index (χ1) is 24.1. The van der Waals surface area contributed by atoms with Crippen LogP contribution in [-0.2, 0) is 29.3 Å². The number of rotatable bonds is 16. The normalized spacial score (nSPS) is 28.5. The van der Waals surface area contributed by atoms with Crippen LogP contribution in [-0.4, -0.2) is 99.6 Å². The number of carboxylic acid groups (broad SMARTS) is 1. The van der Waals surface area contributed by atoms with E-state index < -0.39 is 30.1 Å². The van der Waals surface area contributed by atoms with Crippen molar-refractivity contribution in [1.29, 1.82) is 0 Å². The quantitative estimate of drug-likeness (QED) is 0.190. The number of aliphatic hydroxyl groups excluding tert-OH is 2. The molecule has 2 aromatic rings. The van der Waals surface area contributed by atoms with Crippen LogP contribution >= 0.6 is 0 Å². The predicted molar refractivity (Wildman–Crippen MR) is 198 cm³/mol. The molecule has 4 N–H and O–H groups in total. The molecule has 1 saturated heterocycles. The molecular weight excluding hydrogens is 644 g/mol. The van der Waals surface area contributed by atoms with E-state index in [4.69, 9.17) is 4.84 Å². The van der Waals surface area contributed by atoms with Gasteiger partial charge in [0.1, 0.15) is 12.1 Å². The first-order valence-corrected chi connectivity index (χ1v) is 18.9. The van der Waals surface area contributed by atoms with E-state index in [1.807, 2.05) is 24.3 Å². The Hall–Kier alpha value is -2.86. The van der Waals surface area contributed by atoms with Crippen LogP contribution in [0.25, 0.3) is 0 Å². The van der Waals surface area contributed by atoms with Gasteiger partial charge in [-0.15, -0.1) is 0 Å². The molecule has 2 aromatic carbocycles. The molecule has 0 radical (unpaired) electrons. The summed E-state index contributed by atoms with van der Waals surface area (Å²) in [6, 6.07) is 15.0. The molecule has 0 spiro atoms. The van der Waals surface area contributed by atoms with Gasteiger partial charge >= 0.3 is 5.97 Å². The summed E-state index contributed by atoms with van der Waals surface area (Å²) in [5.74, 6) is 0.299. The molecule has 9 atom stereocenters. The molecule has 282 valence electrons. The van der Waals surface area contributed by atoms with E-state index in [0.717, 1.165) is 36.1 Å². The number of carbonyl (C=O) groups excluding carboxylic acids is 1. The van der Waals surface area contributed by atoms with Gasteiger partial charge in [0.2, 0.25) is 5.91 Å². The molecule has 10 heteroatoms. The van der Waals surface area contributed by atoms with E-state index in [0.29, 0.717) is 54.3 Å². The monoisotopic (exact) mass is 706 g/mol. The Morgan fingerprint density at radius 3 is 2.35 bits per heavy atom. The topological polar surface area (TPSA) is 126 Å². The van der Waals surface area contributed by atoms with E-state index >= 15 is 0 Å². The highest BCUT2D eigenvalue weighted by atomic mass is 16.7. The Kier molecular flexibility index (Phi) is 12.7. The second-order valence-electron chi connectivity index (χ2n) is 17.0. The van der Waals surface area contributed by atoms with Crippen molar-refractivity contribution in [3.05, 3.63) is 70.8 Å². The van der Waals surface area contributed by atoms with Crippen LogP contribution in [0.15, 0.2) is 48.5 Å². The lowest BCUT2D eigenvalue weighted by Crippen LogP contribution is -2.62. The highest BCUT2D eigenvalue weighted by molar-refractivity contribution is 5.89. The number of hydrogen-bond acceptors (Lipinski definition) is 8. The fraction of sp³-hybridized carbons (Fsp3) is 0.659. The van der Waals surface area contributed by atoms with Gasteiger partial charge in [-0.3, -0.25) is 14.5 Å². The summed E-state index contributed by atoms with van der Waals surface area (Å²) < 4.78 is 0. The van der Waals surface area contributed by atoms with E-state index in [9.17, 15) is 24.9 Å². The Bertz CT molecular complexity index is 1490. The van der Waals surface area contributed by atoms with Crippen molar-refractivity contribution in [3.63, 3.8) is 0 Å². The van der Waals surface area contributed by atoms with Crippen molar-refractivity contribution in [2.24, 2.45) is 35.0 Å². The zero-order valence-electron chi connectivity index (χ0n) is 32.0. The van der Waals surface area contributed by atoms with Crippen LogP contribution in [0.1, 0.15) is 87.9 Å². The van der Waals surface area contributed by atoms with Gasteiger partial charge in [-0.1, -0.05) is 77.1 Å². The van der Waals surface area contributed by atoms with E-state index in [1.54, 1.807) is 24.1 Å². The van der Waals surface area contributed by atoms with Crippen molar-refractivity contribution < 1.29 is 29.7 Å². The summed E-state index contributed by atoms with van der Waals surface area (Å²) in [4.78, 5) is 37.1. The van der Waals surface area contributed by atoms with Gasteiger partial charge < -0.3 is 25.5 Å². The van der Waals surface area contributed by atoms with Gasteiger partial charge in [0.05, 0.1) is 24.8 Å². The number of carbonyl (C=O) groups is 2. The second-order valence-corrected chi connectivity index (χ2v) is 17.0. The van der Waals surface area contributed by atoms with E-state index in [2.05, 4.69) is 76.0 Å². The van der Waals surface area contributed by atoms with Crippen molar-refractivity contribution in [3.8, 4) is 0 Å². The number of nitrogens with zero attached hydrogens (tertiary/aromatic N) is 3. The zero-order chi connectivity index (χ0) is 37.2. The molecule has 3 saturated carbocycles. The van der Waals surface area contributed by atoms with Crippen LogP contribution in [0.5, 0.6) is 0 Å². The van der Waals surface area contributed by atoms with Crippen molar-refractivity contribution in [1.82, 2.24) is 20.2 Å². The Labute approximate surface area is 305 Å². The average Bonchev–Trinajstić information content (AvgIpc) is 3.43. The van der Waals surface area contributed by atoms with Gasteiger partial charge in [0.25, 0.3) is 0 Å². The standard InChI is InChI=1S/C41H62N4O6/c1-25(2)16-32(23-43(7)8)44(22-30-14-9-10-15-33(30)40(49)50)20-28-12-11-13-29(17-28)21-45-38(37(27(4)47)36(24-46)51-45)39(48)42-35-19-31-18-34(26(35)3)41(31,5)6/h9-15,17,25-27,31-32,34-38,46-47H,16,18-24H2,1-8H3,(H,42,48)(H,49,50)/t26-,27-,31+,32-,34-,35-,36-,37+,38-/m0/s1. The number of likely N-dealkylation sites (N-methyl/N-ethyl adjacent to an activating group) is 1.